The molecule has 2 aromatic carbocycles. The molecule has 0 saturated heterocycles. The summed E-state index contributed by atoms with van der Waals surface area (Å²) < 4.78 is 5.41. The van der Waals surface area contributed by atoms with Gasteiger partial charge in [0, 0.05) is 18.9 Å². The minimum atomic E-state index is -1.02. The van der Waals surface area contributed by atoms with Crippen molar-refractivity contribution >= 4 is 18.0 Å². The van der Waals surface area contributed by atoms with Gasteiger partial charge >= 0.3 is 12.1 Å². The third kappa shape index (κ3) is 4.30. The number of carbonyl (C=O) groups is 3. The van der Waals surface area contributed by atoms with Gasteiger partial charge in [0.15, 0.2) is 0 Å². The standard InChI is InChI=1S/C23H24N2O5/c26-20(25-21(22(27)28)14-9-10-14)11-12-24-23(29)30-13-19-17-7-3-1-5-15(17)16-6-2-4-8-18(16)19/h1-8,14,19,21H,9-13H2,(H,24,29)(H,25,26)(H,27,28). The molecule has 2 aliphatic carbocycles. The number of benzene rings is 2. The van der Waals surface area contributed by atoms with Crippen LogP contribution in [0.15, 0.2) is 48.5 Å². The smallest absolute Gasteiger partial charge is 0.407 e. The highest BCUT2D eigenvalue weighted by molar-refractivity contribution is 5.84. The second-order valence-electron chi connectivity index (χ2n) is 7.72. The summed E-state index contributed by atoms with van der Waals surface area (Å²) in [6.45, 7) is 0.286. The van der Waals surface area contributed by atoms with E-state index in [0.29, 0.717) is 0 Å². The van der Waals surface area contributed by atoms with Gasteiger partial charge in [0.1, 0.15) is 12.6 Å². The minimum absolute atomic E-state index is 0.000690. The fourth-order valence-corrected chi connectivity index (χ4v) is 3.98. The molecule has 0 heterocycles. The van der Waals surface area contributed by atoms with E-state index in [1.807, 2.05) is 36.4 Å². The first-order valence-corrected chi connectivity index (χ1v) is 10.2. The molecule has 0 aliphatic heterocycles. The summed E-state index contributed by atoms with van der Waals surface area (Å²) in [6, 6.07) is 15.3. The summed E-state index contributed by atoms with van der Waals surface area (Å²) in [5, 5.41) is 14.2. The first-order chi connectivity index (χ1) is 14.5. The van der Waals surface area contributed by atoms with E-state index in [0.717, 1.165) is 35.1 Å². The molecule has 2 amide bonds. The van der Waals surface area contributed by atoms with E-state index in [1.54, 1.807) is 0 Å². The summed E-state index contributed by atoms with van der Waals surface area (Å²) in [4.78, 5) is 35.2. The van der Waals surface area contributed by atoms with E-state index in [1.165, 1.54) is 0 Å². The molecular formula is C23H24N2O5. The van der Waals surface area contributed by atoms with E-state index in [4.69, 9.17) is 9.84 Å². The Kier molecular flexibility index (Phi) is 5.70. The predicted molar refractivity (Wildman–Crippen MR) is 110 cm³/mol. The maximum Gasteiger partial charge on any atom is 0.407 e. The maximum absolute atomic E-state index is 12.1. The van der Waals surface area contributed by atoms with Gasteiger partial charge in [0.2, 0.25) is 5.91 Å². The van der Waals surface area contributed by atoms with Crippen LogP contribution >= 0.6 is 0 Å². The van der Waals surface area contributed by atoms with Gasteiger partial charge in [0.05, 0.1) is 0 Å². The summed E-state index contributed by atoms with van der Waals surface area (Å²) in [7, 11) is 0. The predicted octanol–water partition coefficient (Wildman–Crippen LogP) is 2.89. The number of nitrogens with one attached hydrogen (secondary N) is 2. The fraction of sp³-hybridized carbons (Fsp3) is 0.348. The lowest BCUT2D eigenvalue weighted by molar-refractivity contribution is -0.142. The maximum atomic E-state index is 12.1. The molecule has 1 saturated carbocycles. The number of carboxylic acids is 1. The highest BCUT2D eigenvalue weighted by Crippen LogP contribution is 2.44. The lowest BCUT2D eigenvalue weighted by Crippen LogP contribution is -2.43. The van der Waals surface area contributed by atoms with Crippen molar-refractivity contribution in [3.8, 4) is 11.1 Å². The van der Waals surface area contributed by atoms with Crippen molar-refractivity contribution in [1.82, 2.24) is 10.6 Å². The molecule has 3 N–H and O–H groups in total. The van der Waals surface area contributed by atoms with Gasteiger partial charge < -0.3 is 20.5 Å². The van der Waals surface area contributed by atoms with Gasteiger partial charge in [0.25, 0.3) is 0 Å². The van der Waals surface area contributed by atoms with Crippen molar-refractivity contribution in [3.63, 3.8) is 0 Å². The summed E-state index contributed by atoms with van der Waals surface area (Å²) in [6.07, 6.45) is 1.03. The van der Waals surface area contributed by atoms with Gasteiger partial charge in [-0.25, -0.2) is 9.59 Å². The van der Waals surface area contributed by atoms with Crippen LogP contribution in [-0.4, -0.2) is 42.3 Å². The Balaban J connectivity index is 1.25. The normalized spacial score (nSPS) is 15.6. The highest BCUT2D eigenvalue weighted by Gasteiger charge is 2.37. The fourth-order valence-electron chi connectivity index (χ4n) is 3.98. The van der Waals surface area contributed by atoms with Gasteiger partial charge in [-0.05, 0) is 41.0 Å². The van der Waals surface area contributed by atoms with E-state index in [9.17, 15) is 14.4 Å². The number of carboxylic acid groups (broad SMARTS) is 1. The van der Waals surface area contributed by atoms with Crippen molar-refractivity contribution in [2.75, 3.05) is 13.2 Å². The van der Waals surface area contributed by atoms with Crippen molar-refractivity contribution in [2.45, 2.75) is 31.2 Å². The number of ether oxygens (including phenoxy) is 1. The van der Waals surface area contributed by atoms with Crippen molar-refractivity contribution in [1.29, 1.82) is 0 Å². The molecule has 7 heteroatoms. The lowest BCUT2D eigenvalue weighted by atomic mass is 9.98. The molecule has 0 radical (unpaired) electrons. The van der Waals surface area contributed by atoms with Crippen LogP contribution in [-0.2, 0) is 14.3 Å². The molecular weight excluding hydrogens is 384 g/mol. The number of hydrogen-bond donors (Lipinski definition) is 3. The van der Waals surface area contributed by atoms with Crippen molar-refractivity contribution in [2.24, 2.45) is 5.92 Å². The molecule has 4 rings (SSSR count). The summed E-state index contributed by atoms with van der Waals surface area (Å²) in [5.41, 5.74) is 4.57. The third-order valence-corrected chi connectivity index (χ3v) is 5.64. The zero-order valence-corrected chi connectivity index (χ0v) is 16.5. The van der Waals surface area contributed by atoms with Crippen LogP contribution in [0.3, 0.4) is 0 Å². The van der Waals surface area contributed by atoms with Crippen LogP contribution in [0.2, 0.25) is 0 Å². The zero-order chi connectivity index (χ0) is 21.1. The Morgan fingerprint density at radius 3 is 2.17 bits per heavy atom. The molecule has 1 atom stereocenters. The summed E-state index contributed by atoms with van der Waals surface area (Å²) in [5.74, 6) is -1.42. The number of aliphatic carboxylic acids is 1. The van der Waals surface area contributed by atoms with Crippen LogP contribution in [0.5, 0.6) is 0 Å². The van der Waals surface area contributed by atoms with Crippen LogP contribution in [0.1, 0.15) is 36.3 Å². The minimum Gasteiger partial charge on any atom is -0.480 e. The van der Waals surface area contributed by atoms with E-state index < -0.39 is 24.0 Å². The highest BCUT2D eigenvalue weighted by atomic mass is 16.5. The van der Waals surface area contributed by atoms with Crippen LogP contribution < -0.4 is 10.6 Å². The van der Waals surface area contributed by atoms with E-state index >= 15 is 0 Å². The quantitative estimate of drug-likeness (QED) is 0.623. The molecule has 30 heavy (non-hydrogen) atoms. The van der Waals surface area contributed by atoms with Gasteiger partial charge in [-0.15, -0.1) is 0 Å². The van der Waals surface area contributed by atoms with Gasteiger partial charge in [-0.1, -0.05) is 48.5 Å². The first-order valence-electron chi connectivity index (χ1n) is 10.2. The van der Waals surface area contributed by atoms with Gasteiger partial charge in [-0.3, -0.25) is 4.79 Å². The zero-order valence-electron chi connectivity index (χ0n) is 16.5. The summed E-state index contributed by atoms with van der Waals surface area (Å²) >= 11 is 0. The molecule has 156 valence electrons. The average molecular weight is 408 g/mol. The van der Waals surface area contributed by atoms with E-state index in [-0.39, 0.29) is 31.4 Å². The Morgan fingerprint density at radius 1 is 1.00 bits per heavy atom. The molecule has 2 aromatic rings. The van der Waals surface area contributed by atoms with Crippen LogP contribution in [0.25, 0.3) is 11.1 Å². The lowest BCUT2D eigenvalue weighted by Gasteiger charge is -2.15. The van der Waals surface area contributed by atoms with Crippen molar-refractivity contribution in [3.05, 3.63) is 59.7 Å². The molecule has 1 unspecified atom stereocenters. The number of carbonyl (C=O) groups excluding carboxylic acids is 2. The Labute approximate surface area is 174 Å². The molecule has 7 nitrogen and oxygen atoms in total. The topological polar surface area (TPSA) is 105 Å². The largest absolute Gasteiger partial charge is 0.480 e. The van der Waals surface area contributed by atoms with E-state index in [2.05, 4.69) is 22.8 Å². The van der Waals surface area contributed by atoms with Crippen LogP contribution in [0.4, 0.5) is 4.79 Å². The number of amides is 2. The molecule has 2 aliphatic rings. The number of rotatable bonds is 8. The SMILES string of the molecule is O=C(CCNC(=O)OCC1c2ccccc2-c2ccccc21)NC(C(=O)O)C1CC1. The van der Waals surface area contributed by atoms with Gasteiger partial charge in [-0.2, -0.15) is 0 Å². The third-order valence-electron chi connectivity index (χ3n) is 5.64. The van der Waals surface area contributed by atoms with Crippen LogP contribution in [0, 0.1) is 5.92 Å². The molecule has 0 aromatic heterocycles. The monoisotopic (exact) mass is 408 g/mol. The van der Waals surface area contributed by atoms with Crippen molar-refractivity contribution < 1.29 is 24.2 Å². The second-order valence-corrected chi connectivity index (χ2v) is 7.72. The average Bonchev–Trinajstić information content (AvgIpc) is 3.53. The number of hydrogen-bond acceptors (Lipinski definition) is 4. The molecule has 0 bridgehead atoms. The first kappa shape index (κ1) is 19.9. The Bertz CT molecular complexity index is 924. The number of fused-ring (bicyclic) bond motifs is 3. The Hall–Kier alpha value is -3.35. The second kappa shape index (κ2) is 8.57. The molecule has 0 spiro atoms. The Morgan fingerprint density at radius 2 is 1.60 bits per heavy atom. The molecule has 1 fully saturated rings. The number of alkyl carbamates (subject to hydrolysis) is 1.